The van der Waals surface area contributed by atoms with Gasteiger partial charge in [0.25, 0.3) is 0 Å². The molecule has 22 heavy (non-hydrogen) atoms. The number of nitrogens with one attached hydrogen (secondary N) is 1. The predicted molar refractivity (Wildman–Crippen MR) is 90.4 cm³/mol. The maximum atomic E-state index is 11.9. The first-order chi connectivity index (χ1) is 10.6. The van der Waals surface area contributed by atoms with Gasteiger partial charge in [-0.15, -0.1) is 11.3 Å². The Bertz CT molecular complexity index is 853. The average Bonchev–Trinajstić information content (AvgIpc) is 3.05. The highest BCUT2D eigenvalue weighted by Gasteiger charge is 2.08. The second-order valence-electron chi connectivity index (χ2n) is 4.49. The number of nitrogens with zero attached hydrogens (tertiary/aromatic N) is 2. The van der Waals surface area contributed by atoms with Gasteiger partial charge in [-0.25, -0.2) is 4.98 Å². The number of halogens is 2. The van der Waals surface area contributed by atoms with E-state index in [9.17, 15) is 4.79 Å². The Morgan fingerprint density at radius 1 is 1.36 bits per heavy atom. The van der Waals surface area contributed by atoms with Crippen LogP contribution in [-0.2, 0) is 11.3 Å². The third-order valence-corrected chi connectivity index (χ3v) is 4.46. The summed E-state index contributed by atoms with van der Waals surface area (Å²) in [6, 6.07) is 7.39. The lowest BCUT2D eigenvalue weighted by Gasteiger charge is -2.04. The number of carbonyl (C=O) groups excluding carboxylic acids is 1. The van der Waals surface area contributed by atoms with Crippen molar-refractivity contribution in [3.8, 4) is 0 Å². The van der Waals surface area contributed by atoms with Crippen molar-refractivity contribution in [2.24, 2.45) is 0 Å². The van der Waals surface area contributed by atoms with Crippen LogP contribution in [0.5, 0.6) is 0 Å². The van der Waals surface area contributed by atoms with Crippen molar-refractivity contribution in [1.29, 1.82) is 0 Å². The van der Waals surface area contributed by atoms with Crippen molar-refractivity contribution in [3.05, 3.63) is 63.4 Å². The topological polar surface area (TPSA) is 46.4 Å². The van der Waals surface area contributed by atoms with Crippen molar-refractivity contribution >= 4 is 51.5 Å². The molecule has 1 amide bonds. The molecule has 0 radical (unpaired) electrons. The summed E-state index contributed by atoms with van der Waals surface area (Å²) in [7, 11) is 0. The van der Waals surface area contributed by atoms with Gasteiger partial charge in [0, 0.05) is 29.2 Å². The molecule has 0 saturated heterocycles. The first-order valence-electron chi connectivity index (χ1n) is 6.45. The number of amides is 1. The summed E-state index contributed by atoms with van der Waals surface area (Å²) in [6.07, 6.45) is 4.95. The molecule has 2 aromatic heterocycles. The van der Waals surface area contributed by atoms with Crippen molar-refractivity contribution in [2.45, 2.75) is 6.54 Å². The van der Waals surface area contributed by atoms with E-state index in [1.54, 1.807) is 12.1 Å². The lowest BCUT2D eigenvalue weighted by molar-refractivity contribution is -0.116. The number of aromatic nitrogens is 2. The Balaban J connectivity index is 1.68. The van der Waals surface area contributed by atoms with Crippen LogP contribution in [0.4, 0.5) is 0 Å². The zero-order valence-corrected chi connectivity index (χ0v) is 13.6. The summed E-state index contributed by atoms with van der Waals surface area (Å²) in [5, 5.41) is 5.70. The minimum absolute atomic E-state index is 0.221. The first kappa shape index (κ1) is 15.1. The number of hydrogen-bond donors (Lipinski definition) is 1. The number of hydrogen-bond acceptors (Lipinski definition) is 3. The van der Waals surface area contributed by atoms with E-state index in [4.69, 9.17) is 23.2 Å². The molecule has 1 N–H and O–H groups in total. The SMILES string of the molecule is O=C(/C=C/c1c(Cl)nc2sccn12)NCc1ccccc1Cl. The molecule has 4 nitrogen and oxygen atoms in total. The van der Waals surface area contributed by atoms with E-state index in [0.717, 1.165) is 10.5 Å². The molecule has 0 spiro atoms. The van der Waals surface area contributed by atoms with Gasteiger partial charge in [0.1, 0.15) is 0 Å². The Morgan fingerprint density at radius 3 is 3.00 bits per heavy atom. The average molecular weight is 352 g/mol. The largest absolute Gasteiger partial charge is 0.348 e. The van der Waals surface area contributed by atoms with Gasteiger partial charge in [-0.05, 0) is 17.7 Å². The number of rotatable bonds is 4. The second kappa shape index (κ2) is 6.52. The van der Waals surface area contributed by atoms with E-state index < -0.39 is 0 Å². The normalized spacial score (nSPS) is 11.4. The molecule has 0 unspecified atom stereocenters. The van der Waals surface area contributed by atoms with Crippen LogP contribution >= 0.6 is 34.5 Å². The van der Waals surface area contributed by atoms with Crippen molar-refractivity contribution in [1.82, 2.24) is 14.7 Å². The molecule has 3 rings (SSSR count). The highest BCUT2D eigenvalue weighted by molar-refractivity contribution is 7.15. The van der Waals surface area contributed by atoms with Crippen LogP contribution in [0.1, 0.15) is 11.3 Å². The Labute approximate surface area is 141 Å². The maximum Gasteiger partial charge on any atom is 0.244 e. The zero-order valence-electron chi connectivity index (χ0n) is 11.3. The summed E-state index contributed by atoms with van der Waals surface area (Å²) < 4.78 is 1.84. The van der Waals surface area contributed by atoms with Crippen molar-refractivity contribution < 1.29 is 4.79 Å². The molecular formula is C15H11Cl2N3OS. The van der Waals surface area contributed by atoms with Crippen LogP contribution in [0.15, 0.2) is 41.9 Å². The maximum absolute atomic E-state index is 11.9. The summed E-state index contributed by atoms with van der Waals surface area (Å²) in [6.45, 7) is 0.372. The molecule has 3 aromatic rings. The zero-order chi connectivity index (χ0) is 15.5. The van der Waals surface area contributed by atoms with Crippen LogP contribution in [-0.4, -0.2) is 15.3 Å². The molecule has 0 aliphatic carbocycles. The van der Waals surface area contributed by atoms with Crippen LogP contribution in [0.25, 0.3) is 11.0 Å². The number of carbonyl (C=O) groups is 1. The first-order valence-corrected chi connectivity index (χ1v) is 8.09. The van der Waals surface area contributed by atoms with Crippen molar-refractivity contribution in [2.75, 3.05) is 0 Å². The molecule has 112 valence electrons. The molecule has 0 bridgehead atoms. The Hall–Kier alpha value is -1.82. The summed E-state index contributed by atoms with van der Waals surface area (Å²) >= 11 is 13.6. The van der Waals surface area contributed by atoms with Gasteiger partial charge in [0.05, 0.1) is 5.69 Å². The fourth-order valence-electron chi connectivity index (χ4n) is 1.96. The van der Waals surface area contributed by atoms with Gasteiger partial charge < -0.3 is 5.32 Å². The number of fused-ring (bicyclic) bond motifs is 1. The monoisotopic (exact) mass is 351 g/mol. The van der Waals surface area contributed by atoms with Crippen LogP contribution in [0.3, 0.4) is 0 Å². The molecule has 1 aromatic carbocycles. The Kier molecular flexibility index (Phi) is 4.47. The van der Waals surface area contributed by atoms with Gasteiger partial charge in [-0.1, -0.05) is 41.4 Å². The van der Waals surface area contributed by atoms with Gasteiger partial charge >= 0.3 is 0 Å². The molecular weight excluding hydrogens is 341 g/mol. The summed E-state index contributed by atoms with van der Waals surface area (Å²) in [4.78, 5) is 16.9. The van der Waals surface area contributed by atoms with Crippen molar-refractivity contribution in [3.63, 3.8) is 0 Å². The molecule has 7 heteroatoms. The number of thiazole rings is 1. The highest BCUT2D eigenvalue weighted by atomic mass is 35.5. The number of benzene rings is 1. The molecule has 0 aliphatic heterocycles. The molecule has 0 atom stereocenters. The number of imidazole rings is 1. The van der Waals surface area contributed by atoms with E-state index >= 15 is 0 Å². The summed E-state index contributed by atoms with van der Waals surface area (Å²) in [5.41, 5.74) is 1.55. The minimum atomic E-state index is -0.221. The fourth-order valence-corrected chi connectivity index (χ4v) is 3.17. The van der Waals surface area contributed by atoms with Crippen LogP contribution in [0, 0.1) is 0 Å². The van der Waals surface area contributed by atoms with E-state index in [0.29, 0.717) is 22.4 Å². The molecule has 0 fully saturated rings. The lowest BCUT2D eigenvalue weighted by atomic mass is 10.2. The van der Waals surface area contributed by atoms with Crippen LogP contribution in [0.2, 0.25) is 10.2 Å². The summed E-state index contributed by atoms with van der Waals surface area (Å²) in [5.74, 6) is -0.221. The third-order valence-electron chi connectivity index (χ3n) is 3.06. The van der Waals surface area contributed by atoms with E-state index in [1.807, 2.05) is 34.2 Å². The molecule has 0 saturated carbocycles. The lowest BCUT2D eigenvalue weighted by Crippen LogP contribution is -2.20. The van der Waals surface area contributed by atoms with Gasteiger partial charge in [-0.2, -0.15) is 0 Å². The Morgan fingerprint density at radius 2 is 2.18 bits per heavy atom. The highest BCUT2D eigenvalue weighted by Crippen LogP contribution is 2.22. The fraction of sp³-hybridized carbons (Fsp3) is 0.0667. The second-order valence-corrected chi connectivity index (χ2v) is 6.12. The third kappa shape index (κ3) is 3.16. The van der Waals surface area contributed by atoms with Gasteiger partial charge in [0.2, 0.25) is 5.91 Å². The molecule has 2 heterocycles. The smallest absolute Gasteiger partial charge is 0.244 e. The standard InChI is InChI=1S/C15H11Cl2N3OS/c16-11-4-2-1-3-10(11)9-18-13(21)6-5-12-14(17)19-15-20(12)7-8-22-15/h1-8H,9H2,(H,18,21)/b6-5+. The predicted octanol–water partition coefficient (Wildman–Crippen LogP) is 4.03. The molecule has 0 aliphatic rings. The van der Waals surface area contributed by atoms with E-state index in [1.165, 1.54) is 17.4 Å². The van der Waals surface area contributed by atoms with Crippen LogP contribution < -0.4 is 5.32 Å². The van der Waals surface area contributed by atoms with Gasteiger partial charge in [-0.3, -0.25) is 9.20 Å². The van der Waals surface area contributed by atoms with E-state index in [2.05, 4.69) is 10.3 Å². The van der Waals surface area contributed by atoms with Gasteiger partial charge in [0.15, 0.2) is 10.1 Å². The van der Waals surface area contributed by atoms with E-state index in [-0.39, 0.29) is 5.91 Å². The minimum Gasteiger partial charge on any atom is -0.348 e. The quantitative estimate of drug-likeness (QED) is 0.721.